The average molecular weight is 249 g/mol. The van der Waals surface area contributed by atoms with Crippen molar-refractivity contribution in [3.8, 4) is 0 Å². The van der Waals surface area contributed by atoms with Crippen LogP contribution >= 0.6 is 0 Å². The molecule has 5 heteroatoms. The first-order valence-corrected chi connectivity index (χ1v) is 5.95. The van der Waals surface area contributed by atoms with Gasteiger partial charge in [0.25, 0.3) is 0 Å². The summed E-state index contributed by atoms with van der Waals surface area (Å²) < 4.78 is 5.15. The zero-order valence-electron chi connectivity index (χ0n) is 10.0. The molecule has 0 radical (unpaired) electrons. The third-order valence-corrected chi connectivity index (χ3v) is 3.40. The van der Waals surface area contributed by atoms with Gasteiger partial charge in [0.2, 0.25) is 5.54 Å². The van der Waals surface area contributed by atoms with Crippen molar-refractivity contribution in [2.24, 2.45) is 0 Å². The Kier molecular flexibility index (Phi) is 3.72. The number of ketones is 1. The van der Waals surface area contributed by atoms with Gasteiger partial charge in [-0.25, -0.2) is 0 Å². The predicted octanol–water partition coefficient (Wildman–Crippen LogP) is 2.09. The summed E-state index contributed by atoms with van der Waals surface area (Å²) in [6.07, 6.45) is 0.560. The Bertz CT molecular complexity index is 438. The lowest BCUT2D eigenvalue weighted by atomic mass is 9.84. The van der Waals surface area contributed by atoms with Crippen LogP contribution in [-0.4, -0.2) is 29.5 Å². The molecule has 0 atom stereocenters. The molecular weight excluding hydrogens is 234 g/mol. The standard InChI is InChI=1S/C13H15NO4/c15-12(11-4-2-1-3-5-11)10-13(14(16)17)6-8-18-9-7-13/h1-5H,6-10H2. The molecular formula is C13H15NO4. The van der Waals surface area contributed by atoms with Crippen molar-refractivity contribution >= 4 is 5.78 Å². The summed E-state index contributed by atoms with van der Waals surface area (Å²) in [6, 6.07) is 8.71. The largest absolute Gasteiger partial charge is 0.381 e. The molecule has 1 saturated heterocycles. The zero-order valence-corrected chi connectivity index (χ0v) is 10.0. The summed E-state index contributed by atoms with van der Waals surface area (Å²) in [6.45, 7) is 0.700. The van der Waals surface area contributed by atoms with Gasteiger partial charge in [0, 0.05) is 23.3 Å². The first kappa shape index (κ1) is 12.7. The third kappa shape index (κ3) is 2.56. The molecule has 5 nitrogen and oxygen atoms in total. The lowest BCUT2D eigenvalue weighted by Gasteiger charge is -2.28. The SMILES string of the molecule is O=C(CC1([N+](=O)[O-])CCOCC1)c1ccccc1. The monoisotopic (exact) mass is 249 g/mol. The highest BCUT2D eigenvalue weighted by molar-refractivity contribution is 5.96. The van der Waals surface area contributed by atoms with E-state index in [1.165, 1.54) is 0 Å². The second-order valence-corrected chi connectivity index (χ2v) is 4.56. The highest BCUT2D eigenvalue weighted by Crippen LogP contribution is 2.29. The summed E-state index contributed by atoms with van der Waals surface area (Å²) >= 11 is 0. The number of benzene rings is 1. The minimum atomic E-state index is -1.15. The lowest BCUT2D eigenvalue weighted by Crippen LogP contribution is -2.45. The van der Waals surface area contributed by atoms with E-state index in [1.807, 2.05) is 6.07 Å². The molecule has 0 N–H and O–H groups in total. The van der Waals surface area contributed by atoms with E-state index >= 15 is 0 Å². The minimum absolute atomic E-state index is 0.0482. The Labute approximate surface area is 105 Å². The molecule has 0 unspecified atom stereocenters. The number of Topliss-reactive ketones (excluding diaryl/α,β-unsaturated/α-hetero) is 1. The molecule has 0 aliphatic carbocycles. The van der Waals surface area contributed by atoms with Crippen LogP contribution in [0.3, 0.4) is 0 Å². The van der Waals surface area contributed by atoms with E-state index in [1.54, 1.807) is 24.3 Å². The molecule has 0 aromatic heterocycles. The van der Waals surface area contributed by atoms with Crippen molar-refractivity contribution in [1.82, 2.24) is 0 Å². The van der Waals surface area contributed by atoms with Gasteiger partial charge in [0.1, 0.15) is 0 Å². The maximum absolute atomic E-state index is 12.1. The van der Waals surface area contributed by atoms with E-state index in [9.17, 15) is 14.9 Å². The molecule has 1 heterocycles. The van der Waals surface area contributed by atoms with Crippen LogP contribution in [0.15, 0.2) is 30.3 Å². The minimum Gasteiger partial charge on any atom is -0.381 e. The smallest absolute Gasteiger partial charge is 0.233 e. The van der Waals surface area contributed by atoms with Crippen LogP contribution in [0.5, 0.6) is 0 Å². The van der Waals surface area contributed by atoms with Crippen LogP contribution in [0, 0.1) is 10.1 Å². The van der Waals surface area contributed by atoms with E-state index in [-0.39, 0.29) is 17.1 Å². The topological polar surface area (TPSA) is 69.4 Å². The van der Waals surface area contributed by atoms with Crippen LogP contribution in [0.1, 0.15) is 29.6 Å². The van der Waals surface area contributed by atoms with E-state index in [2.05, 4.69) is 0 Å². The summed E-state index contributed by atoms with van der Waals surface area (Å²) in [5.74, 6) is -0.172. The Morgan fingerprint density at radius 1 is 1.28 bits per heavy atom. The number of nitrogens with zero attached hydrogens (tertiary/aromatic N) is 1. The van der Waals surface area contributed by atoms with Gasteiger partial charge in [-0.05, 0) is 0 Å². The molecule has 1 aromatic rings. The van der Waals surface area contributed by atoms with Gasteiger partial charge < -0.3 is 4.74 Å². The van der Waals surface area contributed by atoms with Gasteiger partial charge >= 0.3 is 0 Å². The molecule has 1 fully saturated rings. The zero-order chi connectivity index (χ0) is 13.0. The lowest BCUT2D eigenvalue weighted by molar-refractivity contribution is -0.575. The Balaban J connectivity index is 2.15. The first-order valence-electron chi connectivity index (χ1n) is 5.95. The summed E-state index contributed by atoms with van der Waals surface area (Å²) in [5, 5.41) is 11.2. The number of rotatable bonds is 4. The number of hydrogen-bond donors (Lipinski definition) is 0. The number of nitro groups is 1. The van der Waals surface area contributed by atoms with E-state index in [4.69, 9.17) is 4.74 Å². The number of carbonyl (C=O) groups excluding carboxylic acids is 1. The second kappa shape index (κ2) is 5.27. The van der Waals surface area contributed by atoms with Crippen molar-refractivity contribution in [2.45, 2.75) is 24.8 Å². The van der Waals surface area contributed by atoms with Crippen molar-refractivity contribution in [2.75, 3.05) is 13.2 Å². The highest BCUT2D eigenvalue weighted by Gasteiger charge is 2.46. The van der Waals surface area contributed by atoms with Crippen LogP contribution in [0.2, 0.25) is 0 Å². The maximum atomic E-state index is 12.1. The van der Waals surface area contributed by atoms with Gasteiger partial charge in [-0.2, -0.15) is 0 Å². The van der Waals surface area contributed by atoms with E-state index in [0.29, 0.717) is 31.6 Å². The summed E-state index contributed by atoms with van der Waals surface area (Å²) in [4.78, 5) is 23.0. The van der Waals surface area contributed by atoms with Gasteiger partial charge in [-0.15, -0.1) is 0 Å². The van der Waals surface area contributed by atoms with E-state index in [0.717, 1.165) is 0 Å². The van der Waals surface area contributed by atoms with Gasteiger partial charge in [0.05, 0.1) is 19.6 Å². The van der Waals surface area contributed by atoms with Crippen molar-refractivity contribution in [1.29, 1.82) is 0 Å². The normalized spacial score (nSPS) is 18.2. The molecule has 18 heavy (non-hydrogen) atoms. The number of hydrogen-bond acceptors (Lipinski definition) is 4. The fourth-order valence-corrected chi connectivity index (χ4v) is 2.20. The second-order valence-electron chi connectivity index (χ2n) is 4.56. The Hall–Kier alpha value is -1.75. The summed E-state index contributed by atoms with van der Waals surface area (Å²) in [7, 11) is 0. The highest BCUT2D eigenvalue weighted by atomic mass is 16.6. The number of carbonyl (C=O) groups is 1. The Morgan fingerprint density at radius 3 is 2.44 bits per heavy atom. The third-order valence-electron chi connectivity index (χ3n) is 3.40. The molecule has 96 valence electrons. The number of ether oxygens (including phenoxy) is 1. The molecule has 2 rings (SSSR count). The van der Waals surface area contributed by atoms with Crippen LogP contribution in [0.25, 0.3) is 0 Å². The Morgan fingerprint density at radius 2 is 1.89 bits per heavy atom. The molecule has 0 spiro atoms. The molecule has 0 saturated carbocycles. The van der Waals surface area contributed by atoms with Crippen molar-refractivity contribution < 1.29 is 14.5 Å². The summed E-state index contributed by atoms with van der Waals surface area (Å²) in [5.41, 5.74) is -0.615. The van der Waals surface area contributed by atoms with Crippen LogP contribution in [-0.2, 0) is 4.74 Å². The van der Waals surface area contributed by atoms with Gasteiger partial charge in [-0.3, -0.25) is 14.9 Å². The fourth-order valence-electron chi connectivity index (χ4n) is 2.20. The first-order chi connectivity index (χ1) is 8.64. The van der Waals surface area contributed by atoms with Crippen molar-refractivity contribution in [3.63, 3.8) is 0 Å². The molecule has 1 aliphatic rings. The maximum Gasteiger partial charge on any atom is 0.233 e. The molecule has 0 bridgehead atoms. The quantitative estimate of drug-likeness (QED) is 0.465. The van der Waals surface area contributed by atoms with Gasteiger partial charge in [0.15, 0.2) is 5.78 Å². The fraction of sp³-hybridized carbons (Fsp3) is 0.462. The van der Waals surface area contributed by atoms with Crippen molar-refractivity contribution in [3.05, 3.63) is 46.0 Å². The predicted molar refractivity (Wildman–Crippen MR) is 65.2 cm³/mol. The van der Waals surface area contributed by atoms with Crippen LogP contribution in [0.4, 0.5) is 0 Å². The molecule has 0 amide bonds. The molecule has 1 aromatic carbocycles. The van der Waals surface area contributed by atoms with Crippen LogP contribution < -0.4 is 0 Å². The molecule has 1 aliphatic heterocycles. The van der Waals surface area contributed by atoms with E-state index < -0.39 is 5.54 Å². The average Bonchev–Trinajstić information content (AvgIpc) is 2.40. The van der Waals surface area contributed by atoms with Gasteiger partial charge in [-0.1, -0.05) is 30.3 Å².